The average Bonchev–Trinajstić information content (AvgIpc) is 2.43. The van der Waals surface area contributed by atoms with E-state index in [1.165, 1.54) is 0 Å². The molecule has 0 aliphatic rings. The van der Waals surface area contributed by atoms with E-state index in [2.05, 4.69) is 21.2 Å². The van der Waals surface area contributed by atoms with Gasteiger partial charge in [-0.15, -0.1) is 0 Å². The lowest BCUT2D eigenvalue weighted by Crippen LogP contribution is -2.15. The molecule has 0 heterocycles. The van der Waals surface area contributed by atoms with Gasteiger partial charge in [0.1, 0.15) is 0 Å². The van der Waals surface area contributed by atoms with Gasteiger partial charge in [-0.2, -0.15) is 0 Å². The van der Waals surface area contributed by atoms with Crippen LogP contribution in [0.25, 0.3) is 0 Å². The van der Waals surface area contributed by atoms with E-state index >= 15 is 0 Å². The highest BCUT2D eigenvalue weighted by Gasteiger charge is 2.13. The molecular formula is C15H11BrClNO3. The molecule has 4 nitrogen and oxygen atoms in total. The number of hydrogen-bond acceptors (Lipinski definition) is 2. The Morgan fingerprint density at radius 2 is 1.90 bits per heavy atom. The smallest absolute Gasteiger partial charge is 0.307 e. The highest BCUT2D eigenvalue weighted by Crippen LogP contribution is 2.23. The molecule has 0 aromatic heterocycles. The number of para-hydroxylation sites is 1. The number of aliphatic carboxylic acids is 1. The molecule has 2 rings (SSSR count). The number of carboxylic acids is 1. The van der Waals surface area contributed by atoms with Crippen LogP contribution >= 0.6 is 27.5 Å². The topological polar surface area (TPSA) is 66.4 Å². The van der Waals surface area contributed by atoms with Gasteiger partial charge in [-0.3, -0.25) is 9.59 Å². The molecular weight excluding hydrogens is 358 g/mol. The van der Waals surface area contributed by atoms with Crippen molar-refractivity contribution >= 4 is 45.1 Å². The minimum absolute atomic E-state index is 0.160. The second-order valence-electron chi connectivity index (χ2n) is 4.31. The third-order valence-corrected chi connectivity index (χ3v) is 3.71. The molecule has 0 bridgehead atoms. The van der Waals surface area contributed by atoms with Gasteiger partial charge in [-0.05, 0) is 45.8 Å². The predicted octanol–water partition coefficient (Wildman–Crippen LogP) is 3.98. The fourth-order valence-electron chi connectivity index (χ4n) is 1.82. The number of carboxylic acid groups (broad SMARTS) is 1. The summed E-state index contributed by atoms with van der Waals surface area (Å²) >= 11 is 9.18. The van der Waals surface area contributed by atoms with Crippen molar-refractivity contribution in [2.24, 2.45) is 0 Å². The number of benzene rings is 2. The van der Waals surface area contributed by atoms with Crippen LogP contribution in [0.2, 0.25) is 5.02 Å². The first kappa shape index (κ1) is 15.5. The molecule has 0 fully saturated rings. The van der Waals surface area contributed by atoms with E-state index in [4.69, 9.17) is 16.7 Å². The van der Waals surface area contributed by atoms with E-state index in [1.54, 1.807) is 42.5 Å². The number of carbonyl (C=O) groups is 2. The van der Waals surface area contributed by atoms with Gasteiger partial charge in [0, 0.05) is 15.2 Å². The lowest BCUT2D eigenvalue weighted by Gasteiger charge is -2.11. The number of carbonyl (C=O) groups excluding carboxylic acids is 1. The highest BCUT2D eigenvalue weighted by molar-refractivity contribution is 9.10. The first-order valence-corrected chi connectivity index (χ1v) is 7.20. The Morgan fingerprint density at radius 3 is 2.62 bits per heavy atom. The van der Waals surface area contributed by atoms with Crippen molar-refractivity contribution in [2.45, 2.75) is 6.42 Å². The van der Waals surface area contributed by atoms with Crippen molar-refractivity contribution in [1.82, 2.24) is 0 Å². The Morgan fingerprint density at radius 1 is 1.19 bits per heavy atom. The molecule has 0 aliphatic heterocycles. The number of rotatable bonds is 4. The summed E-state index contributed by atoms with van der Waals surface area (Å²) in [6.07, 6.45) is -0.160. The zero-order chi connectivity index (χ0) is 15.4. The summed E-state index contributed by atoms with van der Waals surface area (Å²) in [5.41, 5.74) is 1.39. The number of amides is 1. The van der Waals surface area contributed by atoms with Crippen LogP contribution in [0.3, 0.4) is 0 Å². The highest BCUT2D eigenvalue weighted by atomic mass is 79.9. The number of hydrogen-bond donors (Lipinski definition) is 2. The Hall–Kier alpha value is -1.85. The van der Waals surface area contributed by atoms with Crippen LogP contribution in [-0.4, -0.2) is 17.0 Å². The minimum Gasteiger partial charge on any atom is -0.481 e. The van der Waals surface area contributed by atoms with Gasteiger partial charge in [0.15, 0.2) is 0 Å². The molecule has 2 aromatic carbocycles. The largest absolute Gasteiger partial charge is 0.481 e. The Kier molecular flexibility index (Phi) is 4.98. The molecule has 108 valence electrons. The first-order chi connectivity index (χ1) is 9.97. The van der Waals surface area contributed by atoms with Gasteiger partial charge in [0.25, 0.3) is 5.91 Å². The van der Waals surface area contributed by atoms with E-state index in [0.29, 0.717) is 26.3 Å². The zero-order valence-corrected chi connectivity index (χ0v) is 13.1. The zero-order valence-electron chi connectivity index (χ0n) is 10.8. The van der Waals surface area contributed by atoms with Crippen LogP contribution in [0.1, 0.15) is 15.9 Å². The summed E-state index contributed by atoms with van der Waals surface area (Å²) in [6, 6.07) is 11.7. The van der Waals surface area contributed by atoms with Crippen molar-refractivity contribution in [1.29, 1.82) is 0 Å². The molecule has 2 aromatic rings. The maximum Gasteiger partial charge on any atom is 0.307 e. The fourth-order valence-corrected chi connectivity index (χ4v) is 2.42. The normalized spacial score (nSPS) is 10.2. The van der Waals surface area contributed by atoms with Gasteiger partial charge < -0.3 is 10.4 Å². The lowest BCUT2D eigenvalue weighted by molar-refractivity contribution is -0.136. The van der Waals surface area contributed by atoms with E-state index in [1.807, 2.05) is 0 Å². The summed E-state index contributed by atoms with van der Waals surface area (Å²) < 4.78 is 0.611. The molecule has 0 saturated heterocycles. The van der Waals surface area contributed by atoms with Crippen LogP contribution < -0.4 is 5.32 Å². The monoisotopic (exact) mass is 367 g/mol. The molecule has 0 atom stereocenters. The lowest BCUT2D eigenvalue weighted by atomic mass is 10.1. The van der Waals surface area contributed by atoms with Crippen LogP contribution in [-0.2, 0) is 11.2 Å². The Labute approximate surface area is 134 Å². The quantitative estimate of drug-likeness (QED) is 0.858. The molecule has 6 heteroatoms. The van der Waals surface area contributed by atoms with Crippen LogP contribution in [0, 0.1) is 0 Å². The minimum atomic E-state index is -0.958. The van der Waals surface area contributed by atoms with Gasteiger partial charge in [-0.25, -0.2) is 0 Å². The van der Waals surface area contributed by atoms with Crippen LogP contribution in [0.15, 0.2) is 46.9 Å². The second-order valence-corrected chi connectivity index (χ2v) is 5.60. The third kappa shape index (κ3) is 4.06. The molecule has 0 aliphatic carbocycles. The molecule has 0 saturated carbocycles. The number of halogens is 2. The van der Waals surface area contributed by atoms with Crippen molar-refractivity contribution in [2.75, 3.05) is 5.32 Å². The summed E-state index contributed by atoms with van der Waals surface area (Å²) in [5.74, 6) is -1.32. The van der Waals surface area contributed by atoms with Crippen molar-refractivity contribution in [3.05, 3.63) is 63.1 Å². The van der Waals surface area contributed by atoms with E-state index in [-0.39, 0.29) is 12.3 Å². The SMILES string of the molecule is O=C(O)Cc1ccccc1NC(=O)c1cc(Cl)ccc1Br. The molecule has 0 unspecified atom stereocenters. The Balaban J connectivity index is 2.27. The fraction of sp³-hybridized carbons (Fsp3) is 0.0667. The van der Waals surface area contributed by atoms with E-state index in [9.17, 15) is 9.59 Å². The maximum absolute atomic E-state index is 12.3. The van der Waals surface area contributed by atoms with E-state index in [0.717, 1.165) is 0 Å². The van der Waals surface area contributed by atoms with Crippen molar-refractivity contribution < 1.29 is 14.7 Å². The van der Waals surface area contributed by atoms with Crippen molar-refractivity contribution in [3.63, 3.8) is 0 Å². The third-order valence-electron chi connectivity index (χ3n) is 2.78. The van der Waals surface area contributed by atoms with Gasteiger partial charge in [0.2, 0.25) is 0 Å². The standard InChI is InChI=1S/C15H11BrClNO3/c16-12-6-5-10(17)8-11(12)15(21)18-13-4-2-1-3-9(13)7-14(19)20/h1-6,8H,7H2,(H,18,21)(H,19,20). The number of nitrogens with one attached hydrogen (secondary N) is 1. The summed E-state index contributed by atoms with van der Waals surface area (Å²) in [7, 11) is 0. The maximum atomic E-state index is 12.3. The molecule has 1 amide bonds. The second kappa shape index (κ2) is 6.74. The van der Waals surface area contributed by atoms with Crippen molar-refractivity contribution in [3.8, 4) is 0 Å². The van der Waals surface area contributed by atoms with Crippen LogP contribution in [0.4, 0.5) is 5.69 Å². The van der Waals surface area contributed by atoms with E-state index < -0.39 is 5.97 Å². The number of anilines is 1. The Bertz CT molecular complexity index is 703. The summed E-state index contributed by atoms with van der Waals surface area (Å²) in [6.45, 7) is 0. The molecule has 0 spiro atoms. The molecule has 0 radical (unpaired) electrons. The summed E-state index contributed by atoms with van der Waals surface area (Å²) in [5, 5.41) is 12.0. The van der Waals surface area contributed by atoms with Crippen LogP contribution in [0.5, 0.6) is 0 Å². The molecule has 21 heavy (non-hydrogen) atoms. The van der Waals surface area contributed by atoms with Gasteiger partial charge >= 0.3 is 5.97 Å². The van der Waals surface area contributed by atoms with Gasteiger partial charge in [0.05, 0.1) is 12.0 Å². The predicted molar refractivity (Wildman–Crippen MR) is 84.9 cm³/mol. The van der Waals surface area contributed by atoms with Gasteiger partial charge in [-0.1, -0.05) is 29.8 Å². The first-order valence-electron chi connectivity index (χ1n) is 6.03. The molecule has 2 N–H and O–H groups in total. The summed E-state index contributed by atoms with van der Waals surface area (Å²) in [4.78, 5) is 23.1. The average molecular weight is 369 g/mol.